The van der Waals surface area contributed by atoms with Crippen molar-refractivity contribution in [2.24, 2.45) is 5.92 Å². The lowest BCUT2D eigenvalue weighted by atomic mass is 10.1. The molecule has 1 saturated carbocycles. The lowest BCUT2D eigenvalue weighted by Gasteiger charge is -2.16. The van der Waals surface area contributed by atoms with Gasteiger partial charge in [0.2, 0.25) is 0 Å². The van der Waals surface area contributed by atoms with Gasteiger partial charge in [-0.25, -0.2) is 0 Å². The van der Waals surface area contributed by atoms with Crippen LogP contribution in [0.1, 0.15) is 45.1 Å². The van der Waals surface area contributed by atoms with Crippen LogP contribution in [-0.4, -0.2) is 18.0 Å². The molecule has 1 amide bonds. The zero-order valence-electron chi connectivity index (χ0n) is 12.7. The van der Waals surface area contributed by atoms with Crippen LogP contribution < -0.4 is 5.32 Å². The summed E-state index contributed by atoms with van der Waals surface area (Å²) in [5, 5.41) is 2.77. The van der Waals surface area contributed by atoms with Crippen molar-refractivity contribution in [1.82, 2.24) is 0 Å². The van der Waals surface area contributed by atoms with E-state index in [-0.39, 0.29) is 17.8 Å². The molecule has 4 nitrogen and oxygen atoms in total. The summed E-state index contributed by atoms with van der Waals surface area (Å²) in [5.74, 6) is -0.550. The van der Waals surface area contributed by atoms with Gasteiger partial charge in [-0.05, 0) is 43.9 Å². The SMILES string of the molecule is CCc1ccc(NC(=O)[C@@H](C)OC(=O)C2CCCC2)cc1. The highest BCUT2D eigenvalue weighted by molar-refractivity contribution is 5.95. The van der Waals surface area contributed by atoms with Crippen molar-refractivity contribution in [3.05, 3.63) is 29.8 Å². The largest absolute Gasteiger partial charge is 0.452 e. The number of esters is 1. The zero-order valence-corrected chi connectivity index (χ0v) is 12.7. The van der Waals surface area contributed by atoms with Gasteiger partial charge >= 0.3 is 5.97 Å². The van der Waals surface area contributed by atoms with Crippen LogP contribution in [0.5, 0.6) is 0 Å². The Hall–Kier alpha value is -1.84. The van der Waals surface area contributed by atoms with E-state index >= 15 is 0 Å². The maximum Gasteiger partial charge on any atom is 0.309 e. The van der Waals surface area contributed by atoms with Crippen LogP contribution >= 0.6 is 0 Å². The van der Waals surface area contributed by atoms with Crippen molar-refractivity contribution in [1.29, 1.82) is 0 Å². The average Bonchev–Trinajstić information content (AvgIpc) is 3.02. The van der Waals surface area contributed by atoms with Gasteiger partial charge in [-0.3, -0.25) is 9.59 Å². The summed E-state index contributed by atoms with van der Waals surface area (Å²) >= 11 is 0. The third-order valence-corrected chi connectivity index (χ3v) is 3.98. The summed E-state index contributed by atoms with van der Waals surface area (Å²) in [6, 6.07) is 7.68. The number of ether oxygens (including phenoxy) is 1. The highest BCUT2D eigenvalue weighted by atomic mass is 16.5. The fourth-order valence-corrected chi connectivity index (χ4v) is 2.55. The van der Waals surface area contributed by atoms with Gasteiger partial charge in [-0.1, -0.05) is 31.9 Å². The smallest absolute Gasteiger partial charge is 0.309 e. The highest BCUT2D eigenvalue weighted by Gasteiger charge is 2.27. The van der Waals surface area contributed by atoms with E-state index in [9.17, 15) is 9.59 Å². The van der Waals surface area contributed by atoms with Crippen molar-refractivity contribution in [3.63, 3.8) is 0 Å². The number of anilines is 1. The second-order valence-corrected chi connectivity index (χ2v) is 5.60. The molecule has 1 fully saturated rings. The molecule has 0 radical (unpaired) electrons. The lowest BCUT2D eigenvalue weighted by molar-refractivity contribution is -0.157. The molecule has 4 heteroatoms. The predicted molar refractivity (Wildman–Crippen MR) is 82.0 cm³/mol. The van der Waals surface area contributed by atoms with Gasteiger partial charge in [0.25, 0.3) is 5.91 Å². The highest BCUT2D eigenvalue weighted by Crippen LogP contribution is 2.26. The summed E-state index contributed by atoms with van der Waals surface area (Å²) in [7, 11) is 0. The first-order valence-corrected chi connectivity index (χ1v) is 7.70. The number of benzene rings is 1. The average molecular weight is 289 g/mol. The fourth-order valence-electron chi connectivity index (χ4n) is 2.55. The third kappa shape index (κ3) is 4.31. The quantitative estimate of drug-likeness (QED) is 0.846. The third-order valence-electron chi connectivity index (χ3n) is 3.98. The number of hydrogen-bond acceptors (Lipinski definition) is 3. The Morgan fingerprint density at radius 2 is 1.86 bits per heavy atom. The maximum absolute atomic E-state index is 12.0. The van der Waals surface area contributed by atoms with Gasteiger partial charge in [-0.2, -0.15) is 0 Å². The first-order chi connectivity index (χ1) is 10.1. The summed E-state index contributed by atoms with van der Waals surface area (Å²) in [6.45, 7) is 3.70. The number of rotatable bonds is 5. The Morgan fingerprint density at radius 3 is 2.43 bits per heavy atom. The van der Waals surface area contributed by atoms with E-state index in [0.717, 1.165) is 37.8 Å². The number of amides is 1. The van der Waals surface area contributed by atoms with Crippen LogP contribution in [0.4, 0.5) is 5.69 Å². The van der Waals surface area contributed by atoms with Crippen LogP contribution in [-0.2, 0) is 20.7 Å². The first kappa shape index (κ1) is 15.5. The van der Waals surface area contributed by atoms with E-state index in [2.05, 4.69) is 12.2 Å². The molecule has 0 aromatic heterocycles. The minimum atomic E-state index is -0.760. The van der Waals surface area contributed by atoms with Gasteiger partial charge in [0.1, 0.15) is 0 Å². The minimum absolute atomic E-state index is 0.0240. The summed E-state index contributed by atoms with van der Waals surface area (Å²) in [6.07, 6.45) is 4.11. The Morgan fingerprint density at radius 1 is 1.24 bits per heavy atom. The predicted octanol–water partition coefficient (Wildman–Crippen LogP) is 3.31. The second-order valence-electron chi connectivity index (χ2n) is 5.60. The van der Waals surface area contributed by atoms with E-state index in [1.54, 1.807) is 6.92 Å². The van der Waals surface area contributed by atoms with E-state index < -0.39 is 6.10 Å². The zero-order chi connectivity index (χ0) is 15.2. The van der Waals surface area contributed by atoms with E-state index in [4.69, 9.17) is 4.74 Å². The van der Waals surface area contributed by atoms with Crippen LogP contribution in [0.2, 0.25) is 0 Å². The molecule has 0 saturated heterocycles. The summed E-state index contributed by atoms with van der Waals surface area (Å²) in [5.41, 5.74) is 1.94. The van der Waals surface area contributed by atoms with Gasteiger partial charge in [0.15, 0.2) is 6.10 Å². The van der Waals surface area contributed by atoms with Gasteiger partial charge in [-0.15, -0.1) is 0 Å². The molecule has 0 aliphatic heterocycles. The number of aryl methyl sites for hydroxylation is 1. The molecular weight excluding hydrogens is 266 g/mol. The lowest BCUT2D eigenvalue weighted by Crippen LogP contribution is -2.31. The van der Waals surface area contributed by atoms with Crippen molar-refractivity contribution in [2.45, 2.75) is 52.1 Å². The summed E-state index contributed by atoms with van der Waals surface area (Å²) < 4.78 is 5.26. The number of carbonyl (C=O) groups is 2. The Balaban J connectivity index is 1.85. The van der Waals surface area contributed by atoms with E-state index in [1.165, 1.54) is 5.56 Å². The molecule has 0 bridgehead atoms. The van der Waals surface area contributed by atoms with E-state index in [1.807, 2.05) is 24.3 Å². The minimum Gasteiger partial charge on any atom is -0.452 e. The molecule has 1 aromatic carbocycles. The standard InChI is InChI=1S/C17H23NO3/c1-3-13-8-10-15(11-9-13)18-16(19)12(2)21-17(20)14-6-4-5-7-14/h8-12,14H,3-7H2,1-2H3,(H,18,19)/t12-/m1/s1. The molecule has 1 N–H and O–H groups in total. The van der Waals surface area contributed by atoms with Crippen LogP contribution in [0.15, 0.2) is 24.3 Å². The van der Waals surface area contributed by atoms with E-state index in [0.29, 0.717) is 0 Å². The van der Waals surface area contributed by atoms with Crippen molar-refractivity contribution in [3.8, 4) is 0 Å². The topological polar surface area (TPSA) is 55.4 Å². The molecule has 0 unspecified atom stereocenters. The molecule has 1 atom stereocenters. The number of hydrogen-bond donors (Lipinski definition) is 1. The molecule has 21 heavy (non-hydrogen) atoms. The van der Waals surface area contributed by atoms with Crippen molar-refractivity contribution >= 4 is 17.6 Å². The molecule has 114 valence electrons. The number of carbonyl (C=O) groups excluding carboxylic acids is 2. The van der Waals surface area contributed by atoms with Gasteiger partial charge in [0, 0.05) is 5.69 Å². The molecular formula is C17H23NO3. The Labute approximate surface area is 125 Å². The second kappa shape index (κ2) is 7.25. The van der Waals surface area contributed by atoms with Crippen LogP contribution in [0.3, 0.4) is 0 Å². The number of nitrogens with one attached hydrogen (secondary N) is 1. The van der Waals surface area contributed by atoms with Crippen molar-refractivity contribution < 1.29 is 14.3 Å². The van der Waals surface area contributed by atoms with Gasteiger partial charge < -0.3 is 10.1 Å². The monoisotopic (exact) mass is 289 g/mol. The molecule has 1 aliphatic carbocycles. The molecule has 2 rings (SSSR count). The van der Waals surface area contributed by atoms with Gasteiger partial charge in [0.05, 0.1) is 5.92 Å². The molecule has 1 aliphatic rings. The summed E-state index contributed by atoms with van der Waals surface area (Å²) in [4.78, 5) is 23.9. The van der Waals surface area contributed by atoms with Crippen LogP contribution in [0.25, 0.3) is 0 Å². The Bertz CT molecular complexity index is 489. The molecule has 0 heterocycles. The van der Waals surface area contributed by atoms with Crippen molar-refractivity contribution in [2.75, 3.05) is 5.32 Å². The first-order valence-electron chi connectivity index (χ1n) is 7.70. The van der Waals surface area contributed by atoms with Crippen LogP contribution in [0, 0.1) is 5.92 Å². The molecule has 1 aromatic rings. The normalized spacial score (nSPS) is 16.5. The fraction of sp³-hybridized carbons (Fsp3) is 0.529. The maximum atomic E-state index is 12.0. The Kier molecular flexibility index (Phi) is 5.37. The molecule has 0 spiro atoms.